The van der Waals surface area contributed by atoms with Crippen LogP contribution in [0.25, 0.3) is 0 Å². The number of carbonyl (C=O) groups is 1. The van der Waals surface area contributed by atoms with E-state index >= 15 is 0 Å². The molecule has 4 nitrogen and oxygen atoms in total. The van der Waals surface area contributed by atoms with Gasteiger partial charge in [-0.25, -0.2) is 4.39 Å². The third-order valence-corrected chi connectivity index (χ3v) is 3.66. The van der Waals surface area contributed by atoms with E-state index in [0.717, 1.165) is 0 Å². The molecule has 20 heavy (non-hydrogen) atoms. The molecule has 1 aromatic rings. The summed E-state index contributed by atoms with van der Waals surface area (Å²) in [4.78, 5) is 11.8. The summed E-state index contributed by atoms with van der Waals surface area (Å²) in [6.07, 6.45) is 0. The minimum Gasteiger partial charge on any atom is -0.483 e. The van der Waals surface area contributed by atoms with Crippen LogP contribution in [0.5, 0.6) is 5.75 Å². The largest absolute Gasteiger partial charge is 0.483 e. The maximum absolute atomic E-state index is 12.9. The topological polar surface area (TPSA) is 62.1 Å². The van der Waals surface area contributed by atoms with Gasteiger partial charge in [0, 0.05) is 0 Å². The van der Waals surface area contributed by atoms with Crippen molar-refractivity contribution in [3.63, 3.8) is 0 Å². The van der Waals surface area contributed by atoms with E-state index in [1.807, 2.05) is 13.8 Å². The molecule has 108 valence electrons. The van der Waals surface area contributed by atoms with Crippen molar-refractivity contribution in [2.24, 2.45) is 5.92 Å². The molecule has 0 aliphatic heterocycles. The molecule has 0 radical (unpaired) electrons. The Hall–Kier alpha value is -1.61. The van der Waals surface area contributed by atoms with Crippen molar-refractivity contribution in [2.75, 3.05) is 6.61 Å². The number of ether oxygens (including phenoxy) is 1. The van der Waals surface area contributed by atoms with E-state index in [1.54, 1.807) is 6.92 Å². The Kier molecular flexibility index (Phi) is 5.52. The SMILES string of the molecule is CC(C)C(C)(C#N)NC(=O)COc1ccc(F)cc1Br. The van der Waals surface area contributed by atoms with Gasteiger partial charge in [-0.1, -0.05) is 13.8 Å². The zero-order valence-corrected chi connectivity index (χ0v) is 13.1. The van der Waals surface area contributed by atoms with Crippen LogP contribution in [-0.2, 0) is 4.79 Å². The zero-order valence-electron chi connectivity index (χ0n) is 11.5. The van der Waals surface area contributed by atoms with Gasteiger partial charge >= 0.3 is 0 Å². The second kappa shape index (κ2) is 6.71. The molecular formula is C14H16BrFN2O2. The standard InChI is InChI=1S/C14H16BrFN2O2/c1-9(2)14(3,8-17)18-13(19)7-20-12-5-4-10(16)6-11(12)15/h4-6,9H,7H2,1-3H3,(H,18,19). The number of halogens is 2. The molecule has 1 atom stereocenters. The molecule has 0 aliphatic carbocycles. The predicted octanol–water partition coefficient (Wildman–Crippen LogP) is 3.02. The number of carbonyl (C=O) groups excluding carboxylic acids is 1. The first-order valence-corrected chi connectivity index (χ1v) is 6.88. The van der Waals surface area contributed by atoms with Crippen molar-refractivity contribution in [3.05, 3.63) is 28.5 Å². The van der Waals surface area contributed by atoms with Crippen LogP contribution in [0, 0.1) is 23.1 Å². The summed E-state index contributed by atoms with van der Waals surface area (Å²) in [5, 5.41) is 11.7. The lowest BCUT2D eigenvalue weighted by atomic mass is 9.90. The number of amides is 1. The maximum Gasteiger partial charge on any atom is 0.259 e. The van der Waals surface area contributed by atoms with Gasteiger partial charge in [-0.15, -0.1) is 0 Å². The minimum absolute atomic E-state index is 0.0333. The van der Waals surface area contributed by atoms with Crippen LogP contribution in [0.3, 0.4) is 0 Å². The van der Waals surface area contributed by atoms with Crippen molar-refractivity contribution in [3.8, 4) is 11.8 Å². The summed E-state index contributed by atoms with van der Waals surface area (Å²) >= 11 is 3.15. The van der Waals surface area contributed by atoms with Gasteiger partial charge in [0.25, 0.3) is 5.91 Å². The van der Waals surface area contributed by atoms with Crippen molar-refractivity contribution in [1.82, 2.24) is 5.32 Å². The molecule has 1 amide bonds. The summed E-state index contributed by atoms with van der Waals surface area (Å²) < 4.78 is 18.6. The van der Waals surface area contributed by atoms with Gasteiger partial charge < -0.3 is 10.1 Å². The number of benzene rings is 1. The van der Waals surface area contributed by atoms with Gasteiger partial charge in [0.1, 0.15) is 17.1 Å². The highest BCUT2D eigenvalue weighted by molar-refractivity contribution is 9.10. The highest BCUT2D eigenvalue weighted by Gasteiger charge is 2.30. The number of hydrogen-bond acceptors (Lipinski definition) is 3. The van der Waals surface area contributed by atoms with Crippen LogP contribution < -0.4 is 10.1 Å². The second-order valence-electron chi connectivity index (χ2n) is 4.88. The first kappa shape index (κ1) is 16.4. The van der Waals surface area contributed by atoms with Gasteiger partial charge in [0.05, 0.1) is 10.5 Å². The van der Waals surface area contributed by atoms with E-state index in [1.165, 1.54) is 18.2 Å². The summed E-state index contributed by atoms with van der Waals surface area (Å²) in [7, 11) is 0. The molecule has 0 saturated carbocycles. The second-order valence-corrected chi connectivity index (χ2v) is 5.73. The fourth-order valence-corrected chi connectivity index (χ4v) is 1.83. The molecule has 1 aromatic carbocycles. The highest BCUT2D eigenvalue weighted by Crippen LogP contribution is 2.25. The number of nitrogens with one attached hydrogen (secondary N) is 1. The van der Waals surface area contributed by atoms with Crippen LogP contribution in [0.1, 0.15) is 20.8 Å². The average molecular weight is 343 g/mol. The summed E-state index contributed by atoms with van der Waals surface area (Å²) in [6, 6.07) is 6.00. The van der Waals surface area contributed by atoms with E-state index in [9.17, 15) is 9.18 Å². The Balaban J connectivity index is 2.62. The quantitative estimate of drug-likeness (QED) is 0.894. The van der Waals surface area contributed by atoms with Gasteiger partial charge in [0.15, 0.2) is 6.61 Å². The van der Waals surface area contributed by atoms with Crippen LogP contribution in [-0.4, -0.2) is 18.1 Å². The van der Waals surface area contributed by atoms with Gasteiger partial charge in [-0.05, 0) is 47.0 Å². The molecule has 0 saturated heterocycles. The smallest absolute Gasteiger partial charge is 0.259 e. The van der Waals surface area contributed by atoms with Gasteiger partial charge in [-0.3, -0.25) is 4.79 Å². The fourth-order valence-electron chi connectivity index (χ4n) is 1.36. The van der Waals surface area contributed by atoms with Crippen molar-refractivity contribution in [1.29, 1.82) is 5.26 Å². The molecule has 1 rings (SSSR count). The summed E-state index contributed by atoms with van der Waals surface area (Å²) in [6.45, 7) is 5.11. The molecular weight excluding hydrogens is 327 g/mol. The van der Waals surface area contributed by atoms with E-state index in [-0.39, 0.29) is 12.5 Å². The summed E-state index contributed by atoms with van der Waals surface area (Å²) in [5.41, 5.74) is -0.944. The molecule has 0 aliphatic rings. The molecule has 0 bridgehead atoms. The third kappa shape index (κ3) is 4.20. The van der Waals surface area contributed by atoms with Gasteiger partial charge in [-0.2, -0.15) is 5.26 Å². The van der Waals surface area contributed by atoms with E-state index in [0.29, 0.717) is 10.2 Å². The molecule has 1 unspecified atom stereocenters. The maximum atomic E-state index is 12.9. The lowest BCUT2D eigenvalue weighted by Crippen LogP contribution is -2.50. The average Bonchev–Trinajstić information content (AvgIpc) is 2.37. The molecule has 0 fully saturated rings. The van der Waals surface area contributed by atoms with Crippen LogP contribution in [0.15, 0.2) is 22.7 Å². The molecule has 1 N–H and O–H groups in total. The van der Waals surface area contributed by atoms with E-state index < -0.39 is 17.3 Å². The number of rotatable bonds is 5. The van der Waals surface area contributed by atoms with Crippen molar-refractivity contribution in [2.45, 2.75) is 26.3 Å². The van der Waals surface area contributed by atoms with E-state index in [4.69, 9.17) is 10.00 Å². The van der Waals surface area contributed by atoms with Crippen LogP contribution in [0.2, 0.25) is 0 Å². The summed E-state index contributed by atoms with van der Waals surface area (Å²) in [5.74, 6) is -0.469. The highest BCUT2D eigenvalue weighted by atomic mass is 79.9. The molecule has 0 heterocycles. The first-order valence-electron chi connectivity index (χ1n) is 6.08. The van der Waals surface area contributed by atoms with E-state index in [2.05, 4.69) is 27.3 Å². The fraction of sp³-hybridized carbons (Fsp3) is 0.429. The molecule has 0 aromatic heterocycles. The zero-order chi connectivity index (χ0) is 15.3. The lowest BCUT2D eigenvalue weighted by Gasteiger charge is -2.27. The van der Waals surface area contributed by atoms with Crippen molar-refractivity contribution >= 4 is 21.8 Å². The van der Waals surface area contributed by atoms with Crippen molar-refractivity contribution < 1.29 is 13.9 Å². The first-order chi connectivity index (χ1) is 9.28. The predicted molar refractivity (Wildman–Crippen MR) is 76.6 cm³/mol. The normalized spacial score (nSPS) is 13.4. The number of hydrogen-bond donors (Lipinski definition) is 1. The monoisotopic (exact) mass is 342 g/mol. The van der Waals surface area contributed by atoms with Gasteiger partial charge in [0.2, 0.25) is 0 Å². The molecule has 0 spiro atoms. The third-order valence-electron chi connectivity index (χ3n) is 3.04. The number of nitriles is 1. The minimum atomic E-state index is -0.944. The Morgan fingerprint density at radius 3 is 2.75 bits per heavy atom. The Labute approximate surface area is 126 Å². The lowest BCUT2D eigenvalue weighted by molar-refractivity contribution is -0.124. The molecule has 6 heteroatoms. The number of nitrogens with zero attached hydrogens (tertiary/aromatic N) is 1. The van der Waals surface area contributed by atoms with Crippen LogP contribution in [0.4, 0.5) is 4.39 Å². The Bertz CT molecular complexity index is 542. The Morgan fingerprint density at radius 1 is 1.60 bits per heavy atom. The van der Waals surface area contributed by atoms with Crippen LogP contribution >= 0.6 is 15.9 Å². The Morgan fingerprint density at radius 2 is 2.25 bits per heavy atom.